The normalized spacial score (nSPS) is 15.5. The first kappa shape index (κ1) is 31.2. The standard InChI is InChI=1S/C31H43N5O4S/c1-2-10-35(11-4-12-39-14-15-40-13-9-32)31(38)27-16-26-8-7-25(18-29(26)34-30(33)19-27)24-5-3-6-28(17-24)41-36-20-23(21-36)22-37/h3,5-8,16-18,23,37H,2,4,9-15,19-22,32H2,1H3,(H2,33,34). The molecule has 10 heteroatoms. The second-order valence-corrected chi connectivity index (χ2v) is 11.6. The number of carbonyl (C=O) groups excluding carboxylic acids is 1. The summed E-state index contributed by atoms with van der Waals surface area (Å²) in [6, 6.07) is 14.6. The molecule has 0 unspecified atom stereocenters. The smallest absolute Gasteiger partial charge is 0.250 e. The lowest BCUT2D eigenvalue weighted by atomic mass is 10.0. The Bertz CT molecular complexity index is 1210. The van der Waals surface area contributed by atoms with Gasteiger partial charge in [0.05, 0.1) is 25.5 Å². The number of carbonyl (C=O) groups is 1. The van der Waals surface area contributed by atoms with Crippen LogP contribution in [-0.4, -0.2) is 91.8 Å². The number of aliphatic hydroxyl groups excluding tert-OH is 1. The summed E-state index contributed by atoms with van der Waals surface area (Å²) >= 11 is 1.72. The molecule has 5 N–H and O–H groups in total. The molecule has 41 heavy (non-hydrogen) atoms. The fourth-order valence-electron chi connectivity index (χ4n) is 4.85. The number of hydrogen-bond acceptors (Lipinski definition) is 9. The molecule has 0 atom stereocenters. The van der Waals surface area contributed by atoms with Crippen LogP contribution in [0.3, 0.4) is 0 Å². The van der Waals surface area contributed by atoms with Gasteiger partial charge in [0.25, 0.3) is 0 Å². The van der Waals surface area contributed by atoms with Gasteiger partial charge in [0, 0.05) is 74.3 Å². The van der Waals surface area contributed by atoms with E-state index in [-0.39, 0.29) is 12.5 Å². The van der Waals surface area contributed by atoms with E-state index < -0.39 is 0 Å². The molecule has 222 valence electrons. The average molecular weight is 582 g/mol. The van der Waals surface area contributed by atoms with Gasteiger partial charge < -0.3 is 30.9 Å². The topological polar surface area (TPSA) is 127 Å². The van der Waals surface area contributed by atoms with Crippen LogP contribution in [0.5, 0.6) is 0 Å². The monoisotopic (exact) mass is 581 g/mol. The Balaban J connectivity index is 1.41. The van der Waals surface area contributed by atoms with E-state index in [4.69, 9.17) is 20.9 Å². The first-order valence-corrected chi connectivity index (χ1v) is 15.2. The largest absolute Gasteiger partial charge is 0.396 e. The van der Waals surface area contributed by atoms with Crippen LogP contribution < -0.4 is 11.5 Å². The van der Waals surface area contributed by atoms with E-state index in [9.17, 15) is 9.90 Å². The predicted octanol–water partition coefficient (Wildman–Crippen LogP) is 3.68. The first-order valence-electron chi connectivity index (χ1n) is 14.5. The zero-order valence-electron chi connectivity index (χ0n) is 24.0. The van der Waals surface area contributed by atoms with Crippen molar-refractivity contribution < 1.29 is 19.4 Å². The van der Waals surface area contributed by atoms with E-state index in [1.54, 1.807) is 11.9 Å². The molecule has 0 aliphatic carbocycles. The van der Waals surface area contributed by atoms with Gasteiger partial charge >= 0.3 is 0 Å². The highest BCUT2D eigenvalue weighted by atomic mass is 32.2. The minimum absolute atomic E-state index is 0.00707. The number of ether oxygens (including phenoxy) is 2. The molecule has 2 aliphatic rings. The number of hydrogen-bond donors (Lipinski definition) is 3. The summed E-state index contributed by atoms with van der Waals surface area (Å²) in [5, 5.41) is 9.29. The van der Waals surface area contributed by atoms with Gasteiger partial charge in [-0.25, -0.2) is 9.30 Å². The molecular weight excluding hydrogens is 538 g/mol. The van der Waals surface area contributed by atoms with Crippen molar-refractivity contribution in [3.63, 3.8) is 0 Å². The SMILES string of the molecule is CCCN(CCCOCCOCCN)C(=O)C1=Cc2ccc(-c3cccc(SN4CC(CO)C4)c3)cc2N=C(N)C1. The zero-order chi connectivity index (χ0) is 29.0. The van der Waals surface area contributed by atoms with Crippen molar-refractivity contribution in [3.05, 3.63) is 53.6 Å². The summed E-state index contributed by atoms with van der Waals surface area (Å²) in [7, 11) is 0. The van der Waals surface area contributed by atoms with E-state index >= 15 is 0 Å². The summed E-state index contributed by atoms with van der Waals surface area (Å²) in [4.78, 5) is 21.3. The first-order chi connectivity index (χ1) is 20.0. The lowest BCUT2D eigenvalue weighted by Gasteiger charge is -2.36. The Labute approximate surface area is 247 Å². The highest BCUT2D eigenvalue weighted by molar-refractivity contribution is 7.97. The van der Waals surface area contributed by atoms with E-state index in [2.05, 4.69) is 46.6 Å². The highest BCUT2D eigenvalue weighted by Gasteiger charge is 2.26. The predicted molar refractivity (Wildman–Crippen MR) is 166 cm³/mol. The lowest BCUT2D eigenvalue weighted by Crippen LogP contribution is -2.43. The summed E-state index contributed by atoms with van der Waals surface area (Å²) in [5.41, 5.74) is 16.2. The van der Waals surface area contributed by atoms with Crippen molar-refractivity contribution in [3.8, 4) is 11.1 Å². The summed E-state index contributed by atoms with van der Waals surface area (Å²) in [6.45, 7) is 8.06. The Hall–Kier alpha value is -2.73. The molecule has 0 radical (unpaired) electrons. The summed E-state index contributed by atoms with van der Waals surface area (Å²) in [6.07, 6.45) is 3.87. The molecule has 0 bridgehead atoms. The third-order valence-corrected chi connectivity index (χ3v) is 8.01. The third kappa shape index (κ3) is 9.13. The van der Waals surface area contributed by atoms with Crippen LogP contribution in [0.15, 0.2) is 57.9 Å². The average Bonchev–Trinajstić information content (AvgIpc) is 3.12. The number of aliphatic hydroxyl groups is 1. The molecule has 0 saturated carbocycles. The Morgan fingerprint density at radius 2 is 1.88 bits per heavy atom. The van der Waals surface area contributed by atoms with Gasteiger partial charge in [-0.1, -0.05) is 31.2 Å². The fourth-order valence-corrected chi connectivity index (χ4v) is 6.04. The molecule has 1 fully saturated rings. The molecule has 2 heterocycles. The van der Waals surface area contributed by atoms with Crippen molar-refractivity contribution in [2.75, 3.05) is 65.8 Å². The Morgan fingerprint density at radius 3 is 2.63 bits per heavy atom. The van der Waals surface area contributed by atoms with Gasteiger partial charge in [-0.15, -0.1) is 0 Å². The summed E-state index contributed by atoms with van der Waals surface area (Å²) < 4.78 is 13.2. The number of aliphatic imine (C=N–C) groups is 1. The maximum atomic E-state index is 13.6. The van der Waals surface area contributed by atoms with Gasteiger partial charge in [-0.05, 0) is 60.2 Å². The molecule has 2 aliphatic heterocycles. The Morgan fingerprint density at radius 1 is 1.10 bits per heavy atom. The number of fused-ring (bicyclic) bond motifs is 1. The van der Waals surface area contributed by atoms with Crippen molar-refractivity contribution in [1.82, 2.24) is 9.21 Å². The van der Waals surface area contributed by atoms with E-state index in [0.717, 1.165) is 53.2 Å². The fraction of sp³-hybridized carbons (Fsp3) is 0.484. The van der Waals surface area contributed by atoms with Crippen molar-refractivity contribution >= 4 is 35.5 Å². The van der Waals surface area contributed by atoms with Gasteiger partial charge in [0.15, 0.2) is 0 Å². The van der Waals surface area contributed by atoms with E-state index in [1.165, 1.54) is 0 Å². The summed E-state index contributed by atoms with van der Waals surface area (Å²) in [5.74, 6) is 0.800. The van der Waals surface area contributed by atoms with Crippen LogP contribution in [0.4, 0.5) is 5.69 Å². The number of rotatable bonds is 16. The van der Waals surface area contributed by atoms with Crippen LogP contribution in [0, 0.1) is 5.92 Å². The molecule has 0 spiro atoms. The lowest BCUT2D eigenvalue weighted by molar-refractivity contribution is -0.127. The number of amides is 1. The van der Waals surface area contributed by atoms with Crippen LogP contribution >= 0.6 is 11.9 Å². The van der Waals surface area contributed by atoms with Crippen LogP contribution in [0.2, 0.25) is 0 Å². The molecule has 9 nitrogen and oxygen atoms in total. The number of amidine groups is 1. The zero-order valence-corrected chi connectivity index (χ0v) is 24.8. The van der Waals surface area contributed by atoms with E-state index in [1.807, 2.05) is 23.1 Å². The van der Waals surface area contributed by atoms with Gasteiger partial charge in [-0.3, -0.25) is 4.79 Å². The molecule has 1 saturated heterocycles. The molecule has 4 rings (SSSR count). The quantitative estimate of drug-likeness (QED) is 0.202. The van der Waals surface area contributed by atoms with Crippen LogP contribution in [-0.2, 0) is 14.3 Å². The van der Waals surface area contributed by atoms with Crippen molar-refractivity contribution in [2.24, 2.45) is 22.4 Å². The number of nitrogens with two attached hydrogens (primary N) is 2. The molecular formula is C31H43N5O4S. The minimum atomic E-state index is -0.00707. The highest BCUT2D eigenvalue weighted by Crippen LogP contribution is 2.35. The Kier molecular flexibility index (Phi) is 12.2. The van der Waals surface area contributed by atoms with Crippen LogP contribution in [0.25, 0.3) is 17.2 Å². The van der Waals surface area contributed by atoms with Gasteiger partial charge in [0.1, 0.15) is 5.84 Å². The minimum Gasteiger partial charge on any atom is -0.396 e. The molecule has 2 aromatic carbocycles. The third-order valence-electron chi connectivity index (χ3n) is 6.99. The second-order valence-electron chi connectivity index (χ2n) is 10.4. The second kappa shape index (κ2) is 16.1. The number of nitrogens with zero attached hydrogens (tertiary/aromatic N) is 3. The maximum absolute atomic E-state index is 13.6. The molecule has 0 aromatic heterocycles. The van der Waals surface area contributed by atoms with Crippen LogP contribution in [0.1, 0.15) is 31.7 Å². The van der Waals surface area contributed by atoms with Crippen molar-refractivity contribution in [1.29, 1.82) is 0 Å². The van der Waals surface area contributed by atoms with E-state index in [0.29, 0.717) is 69.8 Å². The van der Waals surface area contributed by atoms with Gasteiger partial charge in [-0.2, -0.15) is 0 Å². The van der Waals surface area contributed by atoms with Crippen molar-refractivity contribution in [2.45, 2.75) is 31.1 Å². The van der Waals surface area contributed by atoms with Gasteiger partial charge in [0.2, 0.25) is 5.91 Å². The molecule has 2 aromatic rings. The number of benzene rings is 2. The maximum Gasteiger partial charge on any atom is 0.250 e. The molecule has 1 amide bonds.